The van der Waals surface area contributed by atoms with E-state index in [1.165, 1.54) is 23.1 Å². The van der Waals surface area contributed by atoms with Crippen LogP contribution in [0.15, 0.2) is 36.4 Å². The van der Waals surface area contributed by atoms with E-state index in [1.54, 1.807) is 6.07 Å². The number of nitrogens with zero attached hydrogens (tertiary/aromatic N) is 2. The number of aromatic nitrogens is 2. The largest absolute Gasteiger partial charge is 0.494 e. The minimum absolute atomic E-state index is 0.0395. The van der Waals surface area contributed by atoms with Crippen LogP contribution in [-0.4, -0.2) is 56.5 Å². The lowest BCUT2D eigenvalue weighted by molar-refractivity contribution is -0.0707. The third-order valence-electron chi connectivity index (χ3n) is 4.94. The molecule has 5 N–H and O–H groups in total. The molecule has 0 aliphatic carbocycles. The van der Waals surface area contributed by atoms with Gasteiger partial charge in [0.1, 0.15) is 11.4 Å². The van der Waals surface area contributed by atoms with Crippen LogP contribution in [0.4, 0.5) is 30.4 Å². The van der Waals surface area contributed by atoms with Crippen molar-refractivity contribution in [1.82, 2.24) is 15.1 Å². The maximum absolute atomic E-state index is 14.5. The normalized spacial score (nSPS) is 14.7. The van der Waals surface area contributed by atoms with E-state index in [9.17, 15) is 28.2 Å². The van der Waals surface area contributed by atoms with Crippen LogP contribution in [0.5, 0.6) is 5.88 Å². The number of aromatic amines is 1. The molecule has 0 bridgehead atoms. The fourth-order valence-corrected chi connectivity index (χ4v) is 3.78. The lowest BCUT2D eigenvalue weighted by Gasteiger charge is -2.46. The number of aromatic hydroxyl groups is 1. The summed E-state index contributed by atoms with van der Waals surface area (Å²) in [6.07, 6.45) is 0. The zero-order valence-corrected chi connectivity index (χ0v) is 18.5. The van der Waals surface area contributed by atoms with E-state index in [0.29, 0.717) is 9.39 Å². The van der Waals surface area contributed by atoms with Crippen LogP contribution in [-0.2, 0) is 0 Å². The highest BCUT2D eigenvalue weighted by Gasteiger charge is 2.44. The molecule has 1 aromatic heterocycles. The molecular formula is C20H17F3IN5O3. The molecular weight excluding hydrogens is 542 g/mol. The highest BCUT2D eigenvalue weighted by Crippen LogP contribution is 2.32. The fraction of sp³-hybridized carbons (Fsp3) is 0.200. The van der Waals surface area contributed by atoms with Gasteiger partial charge in [0.2, 0.25) is 5.88 Å². The van der Waals surface area contributed by atoms with Gasteiger partial charge in [-0.25, -0.2) is 18.3 Å². The number of carbonyl (C=O) groups is 1. The maximum Gasteiger partial charge on any atom is 0.256 e. The van der Waals surface area contributed by atoms with Gasteiger partial charge in [-0.3, -0.25) is 4.79 Å². The molecule has 0 atom stereocenters. The summed E-state index contributed by atoms with van der Waals surface area (Å²) in [5, 5.41) is 31.2. The van der Waals surface area contributed by atoms with Crippen LogP contribution in [0.3, 0.4) is 0 Å². The molecule has 32 heavy (non-hydrogen) atoms. The van der Waals surface area contributed by atoms with Gasteiger partial charge in [-0.1, -0.05) is 0 Å². The standard InChI is InChI=1S/C20H17F3IN5O3/c21-12-3-2-11(18(17(12)23)26-14-4-1-10(24)5-13(14)22)19(31)29-8-20(32,9-29)7-25-15-6-16(30)28-27-15/h1-6,26,32H,7-9H2,(H3,25,27,28,30). The van der Waals surface area contributed by atoms with E-state index in [-0.39, 0.29) is 36.8 Å². The van der Waals surface area contributed by atoms with Crippen molar-refractivity contribution in [3.8, 4) is 5.88 Å². The molecule has 3 aromatic rings. The van der Waals surface area contributed by atoms with E-state index in [1.807, 2.05) is 22.6 Å². The number of hydrogen-bond donors (Lipinski definition) is 5. The van der Waals surface area contributed by atoms with Gasteiger partial charge in [-0.05, 0) is 52.9 Å². The molecule has 1 aliphatic rings. The summed E-state index contributed by atoms with van der Waals surface area (Å²) in [4.78, 5) is 14.2. The Labute approximate surface area is 193 Å². The van der Waals surface area contributed by atoms with E-state index in [4.69, 9.17) is 0 Å². The number of carbonyl (C=O) groups excluding carboxylic acids is 1. The van der Waals surface area contributed by atoms with Crippen molar-refractivity contribution >= 4 is 45.7 Å². The van der Waals surface area contributed by atoms with Crippen LogP contribution in [0.2, 0.25) is 0 Å². The lowest BCUT2D eigenvalue weighted by Crippen LogP contribution is -2.66. The van der Waals surface area contributed by atoms with Crippen molar-refractivity contribution in [1.29, 1.82) is 0 Å². The van der Waals surface area contributed by atoms with Gasteiger partial charge in [0.15, 0.2) is 17.5 Å². The average Bonchev–Trinajstić information content (AvgIpc) is 3.14. The lowest BCUT2D eigenvalue weighted by atomic mass is 9.92. The number of amides is 1. The first kappa shape index (κ1) is 22.2. The Morgan fingerprint density at radius 3 is 2.59 bits per heavy atom. The molecule has 0 radical (unpaired) electrons. The Bertz CT molecular complexity index is 1180. The number of likely N-dealkylation sites (tertiary alicyclic amines) is 1. The molecule has 1 aliphatic heterocycles. The average molecular weight is 559 g/mol. The van der Waals surface area contributed by atoms with Crippen LogP contribution in [0.25, 0.3) is 0 Å². The highest BCUT2D eigenvalue weighted by molar-refractivity contribution is 14.1. The van der Waals surface area contributed by atoms with Gasteiger partial charge < -0.3 is 25.7 Å². The number of anilines is 3. The first-order valence-electron chi connectivity index (χ1n) is 9.35. The fourth-order valence-electron chi connectivity index (χ4n) is 3.32. The zero-order valence-electron chi connectivity index (χ0n) is 16.3. The van der Waals surface area contributed by atoms with Crippen molar-refractivity contribution < 1.29 is 28.2 Å². The second-order valence-corrected chi connectivity index (χ2v) is 8.66. The number of halogens is 4. The summed E-state index contributed by atoms with van der Waals surface area (Å²) in [5.41, 5.74) is -2.08. The van der Waals surface area contributed by atoms with Crippen molar-refractivity contribution in [2.75, 3.05) is 30.3 Å². The number of H-pyrrole nitrogens is 1. The summed E-state index contributed by atoms with van der Waals surface area (Å²) in [5.74, 6) is -3.68. The Morgan fingerprint density at radius 2 is 1.94 bits per heavy atom. The van der Waals surface area contributed by atoms with E-state index >= 15 is 0 Å². The van der Waals surface area contributed by atoms with Crippen LogP contribution in [0.1, 0.15) is 10.4 Å². The van der Waals surface area contributed by atoms with Gasteiger partial charge in [0.05, 0.1) is 30.0 Å². The quantitative estimate of drug-likeness (QED) is 0.297. The monoisotopic (exact) mass is 559 g/mol. The van der Waals surface area contributed by atoms with Gasteiger partial charge in [-0.15, -0.1) is 0 Å². The molecule has 12 heteroatoms. The van der Waals surface area contributed by atoms with E-state index in [0.717, 1.165) is 12.1 Å². The molecule has 0 unspecified atom stereocenters. The van der Waals surface area contributed by atoms with E-state index in [2.05, 4.69) is 20.8 Å². The van der Waals surface area contributed by atoms with Gasteiger partial charge in [0.25, 0.3) is 5.91 Å². The summed E-state index contributed by atoms with van der Waals surface area (Å²) in [7, 11) is 0. The summed E-state index contributed by atoms with van der Waals surface area (Å²) < 4.78 is 43.2. The van der Waals surface area contributed by atoms with Crippen molar-refractivity contribution in [2.24, 2.45) is 0 Å². The van der Waals surface area contributed by atoms with Crippen molar-refractivity contribution in [3.63, 3.8) is 0 Å². The molecule has 2 heterocycles. The Hall–Kier alpha value is -3.00. The summed E-state index contributed by atoms with van der Waals surface area (Å²) >= 11 is 1.91. The maximum atomic E-state index is 14.5. The molecule has 168 valence electrons. The molecule has 0 spiro atoms. The van der Waals surface area contributed by atoms with Crippen LogP contribution < -0.4 is 10.6 Å². The number of aliphatic hydroxyl groups is 1. The molecule has 2 aromatic carbocycles. The van der Waals surface area contributed by atoms with Crippen LogP contribution in [0, 0.1) is 21.0 Å². The summed E-state index contributed by atoms with van der Waals surface area (Å²) in [6, 6.07) is 7.39. The van der Waals surface area contributed by atoms with Gasteiger partial charge in [0, 0.05) is 16.2 Å². The predicted octanol–water partition coefficient (Wildman–Crippen LogP) is 3.18. The predicted molar refractivity (Wildman–Crippen MR) is 118 cm³/mol. The Kier molecular flexibility index (Phi) is 5.90. The second-order valence-electron chi connectivity index (χ2n) is 7.41. The zero-order chi connectivity index (χ0) is 23.0. The number of β-amino-alcohol motifs (C(OH)–C–C–N with tert-alkyl or cyclic N) is 1. The Morgan fingerprint density at radius 1 is 1.19 bits per heavy atom. The SMILES string of the molecule is O=C(c1ccc(F)c(F)c1Nc1ccc(I)cc1F)N1CC(O)(CNc2cc(O)[nH]n2)C1. The molecule has 0 saturated carbocycles. The number of rotatable bonds is 6. The minimum Gasteiger partial charge on any atom is -0.494 e. The topological polar surface area (TPSA) is 114 Å². The molecule has 1 amide bonds. The second kappa shape index (κ2) is 8.50. The number of hydrogen-bond acceptors (Lipinski definition) is 6. The van der Waals surface area contributed by atoms with Gasteiger partial charge in [-0.2, -0.15) is 5.10 Å². The first-order chi connectivity index (χ1) is 15.1. The number of benzene rings is 2. The van der Waals surface area contributed by atoms with Crippen molar-refractivity contribution in [2.45, 2.75) is 5.60 Å². The minimum atomic E-state index is -1.32. The third kappa shape index (κ3) is 4.46. The van der Waals surface area contributed by atoms with Crippen molar-refractivity contribution in [3.05, 3.63) is 63.0 Å². The first-order valence-corrected chi connectivity index (χ1v) is 10.4. The smallest absolute Gasteiger partial charge is 0.256 e. The molecule has 1 saturated heterocycles. The van der Waals surface area contributed by atoms with E-state index < -0.39 is 34.6 Å². The molecule has 1 fully saturated rings. The van der Waals surface area contributed by atoms with Crippen LogP contribution >= 0.6 is 22.6 Å². The van der Waals surface area contributed by atoms with Gasteiger partial charge >= 0.3 is 0 Å². The Balaban J connectivity index is 1.50. The molecule has 8 nitrogen and oxygen atoms in total. The third-order valence-corrected chi connectivity index (χ3v) is 5.61. The summed E-state index contributed by atoms with van der Waals surface area (Å²) in [6.45, 7) is -0.116. The number of nitrogens with one attached hydrogen (secondary N) is 3. The molecule has 4 rings (SSSR count). The highest BCUT2D eigenvalue weighted by atomic mass is 127.